The van der Waals surface area contributed by atoms with E-state index < -0.39 is 11.2 Å². The van der Waals surface area contributed by atoms with E-state index in [1.807, 2.05) is 65.1 Å². The normalized spacial score (nSPS) is 14.4. The second-order valence-electron chi connectivity index (χ2n) is 12.9. The van der Waals surface area contributed by atoms with Crippen LogP contribution in [-0.4, -0.2) is 69.9 Å². The maximum atomic E-state index is 12.6. The van der Waals surface area contributed by atoms with Crippen molar-refractivity contribution in [2.45, 2.75) is 71.6 Å². The molecule has 0 aliphatic carbocycles. The summed E-state index contributed by atoms with van der Waals surface area (Å²) in [7, 11) is 3.48. The molecule has 240 valence electrons. The summed E-state index contributed by atoms with van der Waals surface area (Å²) in [5.74, 6) is 2.38. The van der Waals surface area contributed by atoms with Gasteiger partial charge in [-0.05, 0) is 89.6 Å². The van der Waals surface area contributed by atoms with Crippen molar-refractivity contribution < 1.29 is 19.4 Å². The van der Waals surface area contributed by atoms with Crippen LogP contribution in [0.25, 0.3) is 10.2 Å². The van der Waals surface area contributed by atoms with Gasteiger partial charge in [0.1, 0.15) is 33.4 Å². The molecule has 1 aliphatic rings. The molecule has 4 heterocycles. The van der Waals surface area contributed by atoms with E-state index in [-0.39, 0.29) is 12.1 Å². The first kappa shape index (κ1) is 32.2. The molecule has 0 bridgehead atoms. The van der Waals surface area contributed by atoms with Crippen molar-refractivity contribution in [2.75, 3.05) is 42.8 Å². The summed E-state index contributed by atoms with van der Waals surface area (Å²) < 4.78 is 11.4. The van der Waals surface area contributed by atoms with Crippen molar-refractivity contribution in [1.82, 2.24) is 19.9 Å². The van der Waals surface area contributed by atoms with Crippen molar-refractivity contribution in [3.63, 3.8) is 0 Å². The number of pyridine rings is 1. The molecule has 0 atom stereocenters. The fourth-order valence-corrected chi connectivity index (χ4v) is 6.24. The lowest BCUT2D eigenvalue weighted by Gasteiger charge is -2.38. The minimum absolute atomic E-state index is 0.117. The zero-order chi connectivity index (χ0) is 32.5. The van der Waals surface area contributed by atoms with Crippen LogP contribution >= 0.6 is 11.3 Å². The number of aliphatic hydroxyl groups is 1. The van der Waals surface area contributed by atoms with E-state index in [9.17, 15) is 9.90 Å². The number of nitrogens with zero attached hydrogens (tertiary/aromatic N) is 5. The number of rotatable bonds is 8. The molecule has 12 heteroatoms. The molecule has 1 amide bonds. The fraction of sp³-hybridized carbons (Fsp3) is 0.455. The van der Waals surface area contributed by atoms with Crippen LogP contribution in [0, 0.1) is 6.92 Å². The number of ether oxygens (including phenoxy) is 2. The Morgan fingerprint density at radius 1 is 1.07 bits per heavy atom. The van der Waals surface area contributed by atoms with Gasteiger partial charge in [-0.2, -0.15) is 4.98 Å². The van der Waals surface area contributed by atoms with Crippen molar-refractivity contribution in [1.29, 1.82) is 0 Å². The third-order valence-corrected chi connectivity index (χ3v) is 8.70. The Kier molecular flexibility index (Phi) is 9.09. The van der Waals surface area contributed by atoms with Crippen LogP contribution in [0.5, 0.6) is 5.75 Å². The van der Waals surface area contributed by atoms with Gasteiger partial charge in [-0.3, -0.25) is 0 Å². The fourth-order valence-electron chi connectivity index (χ4n) is 5.32. The van der Waals surface area contributed by atoms with Gasteiger partial charge in [-0.15, -0.1) is 11.3 Å². The van der Waals surface area contributed by atoms with E-state index in [4.69, 9.17) is 19.4 Å². The lowest BCUT2D eigenvalue weighted by Crippen LogP contribution is -2.47. The van der Waals surface area contributed by atoms with Gasteiger partial charge in [0, 0.05) is 37.9 Å². The van der Waals surface area contributed by atoms with Gasteiger partial charge in [0.2, 0.25) is 5.95 Å². The Labute approximate surface area is 268 Å². The van der Waals surface area contributed by atoms with E-state index in [2.05, 4.69) is 25.9 Å². The Hall–Kier alpha value is -4.16. The van der Waals surface area contributed by atoms with Gasteiger partial charge < -0.3 is 35.0 Å². The number of anilines is 5. The number of hydrogen-bond donors (Lipinski definition) is 3. The summed E-state index contributed by atoms with van der Waals surface area (Å²) >= 11 is 1.55. The van der Waals surface area contributed by atoms with Gasteiger partial charge >= 0.3 is 6.09 Å². The standard InChI is InChI=1S/C33H43N7O4S/c1-20-19-45-29-27(20)28(36-26-11-9-10-25(35-26)33(5,6)42)37-30(38-29)34-21-12-13-23(24(18-21)43-8)40-16-14-22(15-17-40)39(7)31(41)44-32(2,3)4/h9-13,18-19,22,42H,14-17H2,1-8H3,(H2,34,35,36,37,38). The van der Waals surface area contributed by atoms with Crippen molar-refractivity contribution in [2.24, 2.45) is 0 Å². The van der Waals surface area contributed by atoms with Gasteiger partial charge in [0.25, 0.3) is 0 Å². The summed E-state index contributed by atoms with van der Waals surface area (Å²) in [5, 5.41) is 20.1. The number of carbonyl (C=O) groups is 1. The summed E-state index contributed by atoms with van der Waals surface area (Å²) in [5.41, 5.74) is 1.82. The summed E-state index contributed by atoms with van der Waals surface area (Å²) in [6.07, 6.45) is 1.37. The smallest absolute Gasteiger partial charge is 0.410 e. The van der Waals surface area contributed by atoms with E-state index in [0.29, 0.717) is 23.3 Å². The summed E-state index contributed by atoms with van der Waals surface area (Å²) in [6.45, 7) is 12.7. The molecule has 45 heavy (non-hydrogen) atoms. The quantitative estimate of drug-likeness (QED) is 0.188. The molecule has 0 spiro atoms. The third kappa shape index (κ3) is 7.56. The number of carbonyl (C=O) groups excluding carboxylic acids is 1. The molecule has 5 rings (SSSR count). The molecule has 0 radical (unpaired) electrons. The first-order chi connectivity index (χ1) is 21.2. The van der Waals surface area contributed by atoms with E-state index in [1.165, 1.54) is 0 Å². The average molecular weight is 634 g/mol. The van der Waals surface area contributed by atoms with Crippen LogP contribution in [0.1, 0.15) is 58.7 Å². The van der Waals surface area contributed by atoms with Crippen LogP contribution in [0.15, 0.2) is 41.8 Å². The maximum Gasteiger partial charge on any atom is 0.410 e. The Morgan fingerprint density at radius 3 is 2.47 bits per heavy atom. The monoisotopic (exact) mass is 633 g/mol. The Morgan fingerprint density at radius 2 is 1.80 bits per heavy atom. The predicted molar refractivity (Wildman–Crippen MR) is 180 cm³/mol. The minimum atomic E-state index is -1.07. The number of nitrogens with one attached hydrogen (secondary N) is 2. The number of thiophene rings is 1. The lowest BCUT2D eigenvalue weighted by atomic mass is 10.0. The van der Waals surface area contributed by atoms with Crippen LogP contribution in [0.3, 0.4) is 0 Å². The molecule has 1 saturated heterocycles. The second-order valence-corrected chi connectivity index (χ2v) is 13.8. The van der Waals surface area contributed by atoms with Gasteiger partial charge in [-0.1, -0.05) is 6.07 Å². The van der Waals surface area contributed by atoms with Crippen LogP contribution < -0.4 is 20.3 Å². The number of aromatic nitrogens is 3. The highest BCUT2D eigenvalue weighted by atomic mass is 32.1. The average Bonchev–Trinajstić information content (AvgIpc) is 3.36. The molecule has 1 aliphatic heterocycles. The van der Waals surface area contributed by atoms with Crippen LogP contribution in [-0.2, 0) is 10.3 Å². The van der Waals surface area contributed by atoms with Crippen molar-refractivity contribution in [3.8, 4) is 5.75 Å². The maximum absolute atomic E-state index is 12.6. The predicted octanol–water partition coefficient (Wildman–Crippen LogP) is 6.95. The number of fused-ring (bicyclic) bond motifs is 1. The largest absolute Gasteiger partial charge is 0.495 e. The van der Waals surface area contributed by atoms with Crippen molar-refractivity contribution in [3.05, 3.63) is 53.0 Å². The Balaban J connectivity index is 1.32. The molecule has 0 unspecified atom stereocenters. The highest BCUT2D eigenvalue weighted by Gasteiger charge is 2.29. The first-order valence-electron chi connectivity index (χ1n) is 15.1. The zero-order valence-electron chi connectivity index (χ0n) is 27.3. The highest BCUT2D eigenvalue weighted by Crippen LogP contribution is 2.36. The van der Waals surface area contributed by atoms with Gasteiger partial charge in [0.15, 0.2) is 0 Å². The molecule has 3 aromatic heterocycles. The SMILES string of the molecule is COc1cc(Nc2nc(Nc3cccc(C(C)(C)O)n3)c3c(C)csc3n2)ccc1N1CCC(N(C)C(=O)OC(C)(C)C)CC1. The number of benzene rings is 1. The third-order valence-electron chi connectivity index (χ3n) is 7.71. The van der Waals surface area contributed by atoms with E-state index in [1.54, 1.807) is 43.3 Å². The molecular formula is C33H43N7O4S. The number of methoxy groups -OCH3 is 1. The van der Waals surface area contributed by atoms with Crippen LogP contribution in [0.4, 0.5) is 33.8 Å². The first-order valence-corrected chi connectivity index (χ1v) is 16.0. The topological polar surface area (TPSA) is 125 Å². The molecule has 1 aromatic carbocycles. The minimum Gasteiger partial charge on any atom is -0.495 e. The molecule has 11 nitrogen and oxygen atoms in total. The van der Waals surface area contributed by atoms with Gasteiger partial charge in [-0.25, -0.2) is 14.8 Å². The molecular weight excluding hydrogens is 590 g/mol. The van der Waals surface area contributed by atoms with E-state index >= 15 is 0 Å². The zero-order valence-corrected chi connectivity index (χ0v) is 28.1. The number of amides is 1. The molecule has 4 aromatic rings. The summed E-state index contributed by atoms with van der Waals surface area (Å²) in [6, 6.07) is 11.6. The molecule has 1 fully saturated rings. The molecule has 0 saturated carbocycles. The summed E-state index contributed by atoms with van der Waals surface area (Å²) in [4.78, 5) is 31.6. The molecule has 3 N–H and O–H groups in total. The highest BCUT2D eigenvalue weighted by molar-refractivity contribution is 7.17. The Bertz CT molecular complexity index is 1670. The number of piperidine rings is 1. The lowest BCUT2D eigenvalue weighted by molar-refractivity contribution is 0.0200. The number of aryl methyl sites for hydroxylation is 1. The van der Waals surface area contributed by atoms with Crippen LogP contribution in [0.2, 0.25) is 0 Å². The number of hydrogen-bond acceptors (Lipinski definition) is 11. The van der Waals surface area contributed by atoms with Gasteiger partial charge in [0.05, 0.1) is 23.9 Å². The van der Waals surface area contributed by atoms with E-state index in [0.717, 1.165) is 58.8 Å². The van der Waals surface area contributed by atoms with Crippen molar-refractivity contribution >= 4 is 56.6 Å². The second kappa shape index (κ2) is 12.7.